The minimum Gasteiger partial charge on any atom is -0.316 e. The number of likely N-dealkylation sites (tertiary alicyclic amines) is 1. The van der Waals surface area contributed by atoms with Gasteiger partial charge in [-0.2, -0.15) is 0 Å². The maximum atomic E-state index is 11.9. The minimum atomic E-state index is 0.187. The first-order valence-electron chi connectivity index (χ1n) is 7.27. The molecule has 0 radical (unpaired) electrons. The van der Waals surface area contributed by atoms with Crippen molar-refractivity contribution < 1.29 is 9.59 Å². The highest BCUT2D eigenvalue weighted by Gasteiger charge is 2.36. The zero-order chi connectivity index (χ0) is 13.0. The Kier molecular flexibility index (Phi) is 4.56. The number of carbonyl (C=O) groups excluding carboxylic acids is 2. The third-order valence-electron chi connectivity index (χ3n) is 3.99. The quantitative estimate of drug-likeness (QED) is 0.678. The highest BCUT2D eigenvalue weighted by molar-refractivity contribution is 5.94. The molecule has 1 fully saturated rings. The van der Waals surface area contributed by atoms with Gasteiger partial charge in [0.15, 0.2) is 5.78 Å². The van der Waals surface area contributed by atoms with E-state index in [1.807, 2.05) is 4.90 Å². The van der Waals surface area contributed by atoms with Crippen molar-refractivity contribution in [1.29, 1.82) is 0 Å². The fourth-order valence-electron chi connectivity index (χ4n) is 2.92. The van der Waals surface area contributed by atoms with Gasteiger partial charge in [0.05, 0.1) is 0 Å². The Morgan fingerprint density at radius 3 is 2.78 bits per heavy atom. The molecule has 0 N–H and O–H groups in total. The summed E-state index contributed by atoms with van der Waals surface area (Å²) in [4.78, 5) is 25.3. The van der Waals surface area contributed by atoms with Crippen molar-refractivity contribution in [3.05, 3.63) is 11.8 Å². The van der Waals surface area contributed by atoms with E-state index in [1.165, 1.54) is 25.7 Å². The van der Waals surface area contributed by atoms with E-state index in [-0.39, 0.29) is 11.7 Å². The number of carbonyl (C=O) groups is 2. The van der Waals surface area contributed by atoms with Gasteiger partial charge in [0.1, 0.15) is 0 Å². The van der Waals surface area contributed by atoms with Gasteiger partial charge in [-0.1, -0.05) is 32.6 Å². The summed E-state index contributed by atoms with van der Waals surface area (Å²) in [6.07, 6.45) is 9.82. The van der Waals surface area contributed by atoms with E-state index in [1.54, 1.807) is 6.08 Å². The minimum absolute atomic E-state index is 0.187. The van der Waals surface area contributed by atoms with E-state index in [4.69, 9.17) is 0 Å². The molecule has 1 aliphatic heterocycles. The molecule has 1 unspecified atom stereocenters. The summed E-state index contributed by atoms with van der Waals surface area (Å²) in [6.45, 7) is 3.01. The van der Waals surface area contributed by atoms with Gasteiger partial charge in [-0.25, -0.2) is 0 Å². The third-order valence-corrected chi connectivity index (χ3v) is 3.99. The molecule has 2 rings (SSSR count). The summed E-state index contributed by atoms with van der Waals surface area (Å²) in [6, 6.07) is 0. The smallest absolute Gasteiger partial charge is 0.227 e. The maximum Gasteiger partial charge on any atom is 0.227 e. The lowest BCUT2D eigenvalue weighted by Gasteiger charge is -2.22. The lowest BCUT2D eigenvalue weighted by atomic mass is 9.92. The molecular formula is C15H23NO2. The number of fused-ring (bicyclic) bond motifs is 1. The van der Waals surface area contributed by atoms with E-state index in [2.05, 4.69) is 6.92 Å². The van der Waals surface area contributed by atoms with Gasteiger partial charge in [-0.3, -0.25) is 9.59 Å². The van der Waals surface area contributed by atoms with Crippen LogP contribution in [-0.4, -0.2) is 23.1 Å². The molecule has 0 saturated carbocycles. The van der Waals surface area contributed by atoms with Gasteiger partial charge in [-0.05, 0) is 12.8 Å². The van der Waals surface area contributed by atoms with Crippen molar-refractivity contribution in [2.75, 3.05) is 6.54 Å². The van der Waals surface area contributed by atoms with Crippen LogP contribution in [0.4, 0.5) is 0 Å². The molecule has 2 aliphatic rings. The second-order valence-electron chi connectivity index (χ2n) is 5.43. The number of rotatable bonds is 6. The molecule has 0 spiro atoms. The van der Waals surface area contributed by atoms with E-state index < -0.39 is 0 Å². The second kappa shape index (κ2) is 6.17. The Bertz CT molecular complexity index is 360. The van der Waals surface area contributed by atoms with E-state index in [9.17, 15) is 9.59 Å². The van der Waals surface area contributed by atoms with Gasteiger partial charge in [-0.15, -0.1) is 0 Å². The molecular weight excluding hydrogens is 226 g/mol. The molecule has 3 nitrogen and oxygen atoms in total. The summed E-state index contributed by atoms with van der Waals surface area (Å²) < 4.78 is 0. The molecule has 0 aromatic rings. The molecule has 0 aromatic heterocycles. The molecule has 1 atom stereocenters. The van der Waals surface area contributed by atoms with Crippen molar-refractivity contribution in [3.8, 4) is 0 Å². The lowest BCUT2D eigenvalue weighted by Crippen LogP contribution is -2.26. The molecule has 0 bridgehead atoms. The SMILES string of the molecule is CCCCCCCN1C(=O)CC2CCC(=O)C=C21. The van der Waals surface area contributed by atoms with Crippen LogP contribution in [0.15, 0.2) is 11.8 Å². The molecule has 18 heavy (non-hydrogen) atoms. The first-order valence-corrected chi connectivity index (χ1v) is 7.27. The molecule has 100 valence electrons. The number of ketones is 1. The van der Waals surface area contributed by atoms with Gasteiger partial charge < -0.3 is 4.90 Å². The first-order chi connectivity index (χ1) is 8.72. The summed E-state index contributed by atoms with van der Waals surface area (Å²) in [5.41, 5.74) is 1.01. The molecule has 0 aromatic carbocycles. The topological polar surface area (TPSA) is 37.4 Å². The van der Waals surface area contributed by atoms with Crippen LogP contribution in [0.3, 0.4) is 0 Å². The predicted molar refractivity (Wildman–Crippen MR) is 70.9 cm³/mol. The Balaban J connectivity index is 1.87. The highest BCUT2D eigenvalue weighted by Crippen LogP contribution is 2.35. The van der Waals surface area contributed by atoms with Crippen LogP contribution < -0.4 is 0 Å². The summed E-state index contributed by atoms with van der Waals surface area (Å²) >= 11 is 0. The van der Waals surface area contributed by atoms with Crippen LogP contribution in [0, 0.1) is 5.92 Å². The fraction of sp³-hybridized carbons (Fsp3) is 0.733. The van der Waals surface area contributed by atoms with Crippen molar-refractivity contribution in [3.63, 3.8) is 0 Å². The normalized spacial score (nSPS) is 23.3. The molecule has 3 heteroatoms. The van der Waals surface area contributed by atoms with Crippen LogP contribution in [0.2, 0.25) is 0 Å². The van der Waals surface area contributed by atoms with Crippen molar-refractivity contribution >= 4 is 11.7 Å². The Morgan fingerprint density at radius 2 is 2.00 bits per heavy atom. The van der Waals surface area contributed by atoms with Crippen molar-refractivity contribution in [2.24, 2.45) is 5.92 Å². The maximum absolute atomic E-state index is 11.9. The van der Waals surface area contributed by atoms with Crippen LogP contribution >= 0.6 is 0 Å². The highest BCUT2D eigenvalue weighted by atomic mass is 16.2. The van der Waals surface area contributed by atoms with Crippen LogP contribution in [0.5, 0.6) is 0 Å². The average molecular weight is 249 g/mol. The van der Waals surface area contributed by atoms with Gasteiger partial charge >= 0.3 is 0 Å². The average Bonchev–Trinajstić information content (AvgIpc) is 2.65. The van der Waals surface area contributed by atoms with E-state index >= 15 is 0 Å². The number of unbranched alkanes of at least 4 members (excludes halogenated alkanes) is 4. The first kappa shape index (κ1) is 13.3. The van der Waals surface area contributed by atoms with E-state index in [0.717, 1.165) is 25.1 Å². The molecule has 1 aliphatic carbocycles. The van der Waals surface area contributed by atoms with Gasteiger partial charge in [0.2, 0.25) is 5.91 Å². The fourth-order valence-corrected chi connectivity index (χ4v) is 2.92. The van der Waals surface area contributed by atoms with Gasteiger partial charge in [0, 0.05) is 37.1 Å². The summed E-state index contributed by atoms with van der Waals surface area (Å²) in [7, 11) is 0. The van der Waals surface area contributed by atoms with Crippen LogP contribution in [0.1, 0.15) is 58.3 Å². The number of allylic oxidation sites excluding steroid dienone is 2. The summed E-state index contributed by atoms with van der Waals surface area (Å²) in [5.74, 6) is 0.731. The summed E-state index contributed by atoms with van der Waals surface area (Å²) in [5, 5.41) is 0. The zero-order valence-electron chi connectivity index (χ0n) is 11.3. The number of amides is 1. The van der Waals surface area contributed by atoms with Crippen LogP contribution in [-0.2, 0) is 9.59 Å². The number of hydrogen-bond donors (Lipinski definition) is 0. The van der Waals surface area contributed by atoms with Gasteiger partial charge in [0.25, 0.3) is 0 Å². The number of hydrogen-bond acceptors (Lipinski definition) is 2. The van der Waals surface area contributed by atoms with Crippen LogP contribution in [0.25, 0.3) is 0 Å². The molecule has 1 amide bonds. The predicted octanol–water partition coefficient (Wildman–Crippen LogP) is 3.05. The van der Waals surface area contributed by atoms with Crippen molar-refractivity contribution in [2.45, 2.75) is 58.3 Å². The Morgan fingerprint density at radius 1 is 1.22 bits per heavy atom. The standard InChI is InChI=1S/C15H23NO2/c1-2-3-4-5-6-9-16-14-11-13(17)8-7-12(14)10-15(16)18/h11-12H,2-10H2,1H3. The third kappa shape index (κ3) is 3.01. The monoisotopic (exact) mass is 249 g/mol. The second-order valence-corrected chi connectivity index (χ2v) is 5.43. The Labute approximate surface area is 109 Å². The number of nitrogens with zero attached hydrogens (tertiary/aromatic N) is 1. The zero-order valence-corrected chi connectivity index (χ0v) is 11.3. The van der Waals surface area contributed by atoms with Crippen molar-refractivity contribution in [1.82, 2.24) is 4.90 Å². The Hall–Kier alpha value is -1.12. The largest absolute Gasteiger partial charge is 0.316 e. The lowest BCUT2D eigenvalue weighted by molar-refractivity contribution is -0.126. The van der Waals surface area contributed by atoms with E-state index in [0.29, 0.717) is 18.8 Å². The molecule has 1 saturated heterocycles. The molecule has 1 heterocycles.